The van der Waals surface area contributed by atoms with Gasteiger partial charge in [0.25, 0.3) is 5.91 Å². The topological polar surface area (TPSA) is 88.3 Å². The highest BCUT2D eigenvalue weighted by Crippen LogP contribution is 2.26. The predicted molar refractivity (Wildman–Crippen MR) is 85.2 cm³/mol. The lowest BCUT2D eigenvalue weighted by Gasteiger charge is -2.33. The monoisotopic (exact) mass is 398 g/mol. The number of aliphatic carboxylic acids is 1. The van der Waals surface area contributed by atoms with Crippen LogP contribution in [0.4, 0.5) is 0 Å². The number of carbonyl (C=O) groups is 2. The van der Waals surface area contributed by atoms with E-state index >= 15 is 0 Å². The molecule has 1 aromatic carbocycles. The number of amides is 1. The standard InChI is InChI=1S/C14H12BrClN4O3/c1-7-17-18-12-6-20(11(14(22)23)5-19(7)12)13(21)8-2-3-10(16)9(15)4-8/h2-4,11H,5-6H2,1H3,(H,22,23). The predicted octanol–water partition coefficient (Wildman–Crippen LogP) is 2.11. The molecule has 0 saturated carbocycles. The lowest BCUT2D eigenvalue weighted by atomic mass is 10.1. The first-order chi connectivity index (χ1) is 10.9. The van der Waals surface area contributed by atoms with E-state index in [1.807, 2.05) is 0 Å². The van der Waals surface area contributed by atoms with Crippen molar-refractivity contribution in [1.82, 2.24) is 19.7 Å². The number of aryl methyl sites for hydroxylation is 1. The summed E-state index contributed by atoms with van der Waals surface area (Å²) in [6.07, 6.45) is 0. The highest BCUT2D eigenvalue weighted by Gasteiger charge is 2.36. The number of aromatic nitrogens is 3. The van der Waals surface area contributed by atoms with Gasteiger partial charge in [0.2, 0.25) is 0 Å². The van der Waals surface area contributed by atoms with Gasteiger partial charge in [-0.1, -0.05) is 11.6 Å². The Bertz CT molecular complexity index is 807. The van der Waals surface area contributed by atoms with Crippen molar-refractivity contribution in [2.75, 3.05) is 0 Å². The van der Waals surface area contributed by atoms with Crippen LogP contribution in [-0.2, 0) is 17.9 Å². The van der Waals surface area contributed by atoms with Crippen molar-refractivity contribution in [3.05, 3.63) is 44.9 Å². The van der Waals surface area contributed by atoms with E-state index in [0.717, 1.165) is 0 Å². The van der Waals surface area contributed by atoms with Crippen molar-refractivity contribution in [2.45, 2.75) is 26.1 Å². The summed E-state index contributed by atoms with van der Waals surface area (Å²) in [7, 11) is 0. The second kappa shape index (κ2) is 5.93. The molecule has 23 heavy (non-hydrogen) atoms. The highest BCUT2D eigenvalue weighted by atomic mass is 79.9. The molecule has 9 heteroatoms. The molecule has 1 atom stereocenters. The molecule has 7 nitrogen and oxygen atoms in total. The zero-order valence-electron chi connectivity index (χ0n) is 12.0. The van der Waals surface area contributed by atoms with Crippen molar-refractivity contribution >= 4 is 39.4 Å². The quantitative estimate of drug-likeness (QED) is 0.835. The number of halogens is 2. The average Bonchev–Trinajstić information content (AvgIpc) is 2.88. The third-order valence-electron chi connectivity index (χ3n) is 3.77. The van der Waals surface area contributed by atoms with E-state index in [1.54, 1.807) is 29.7 Å². The van der Waals surface area contributed by atoms with Gasteiger partial charge in [-0.2, -0.15) is 0 Å². The van der Waals surface area contributed by atoms with Gasteiger partial charge < -0.3 is 14.6 Å². The number of fused-ring (bicyclic) bond motifs is 1. The second-order valence-electron chi connectivity index (χ2n) is 5.19. The van der Waals surface area contributed by atoms with Gasteiger partial charge in [-0.25, -0.2) is 4.79 Å². The van der Waals surface area contributed by atoms with E-state index in [0.29, 0.717) is 26.7 Å². The molecule has 0 aliphatic carbocycles. The summed E-state index contributed by atoms with van der Waals surface area (Å²) >= 11 is 9.20. The summed E-state index contributed by atoms with van der Waals surface area (Å²) < 4.78 is 2.30. The van der Waals surface area contributed by atoms with Crippen LogP contribution in [-0.4, -0.2) is 42.7 Å². The molecule has 0 radical (unpaired) electrons. The Balaban J connectivity index is 1.97. The van der Waals surface area contributed by atoms with E-state index in [-0.39, 0.29) is 19.0 Å². The molecule has 1 aromatic heterocycles. The molecule has 0 fully saturated rings. The molecule has 1 aliphatic heterocycles. The molecule has 2 aromatic rings. The lowest BCUT2D eigenvalue weighted by Crippen LogP contribution is -2.50. The van der Waals surface area contributed by atoms with E-state index in [1.165, 1.54) is 4.90 Å². The number of benzene rings is 1. The van der Waals surface area contributed by atoms with E-state index < -0.39 is 12.0 Å². The summed E-state index contributed by atoms with van der Waals surface area (Å²) in [5.74, 6) is -0.249. The van der Waals surface area contributed by atoms with Crippen LogP contribution >= 0.6 is 27.5 Å². The number of carboxylic acid groups (broad SMARTS) is 1. The minimum atomic E-state index is -1.06. The summed E-state index contributed by atoms with van der Waals surface area (Å²) in [5, 5.41) is 17.9. The lowest BCUT2D eigenvalue weighted by molar-refractivity contribution is -0.143. The van der Waals surface area contributed by atoms with Crippen LogP contribution < -0.4 is 0 Å². The first-order valence-corrected chi connectivity index (χ1v) is 7.93. The molecule has 3 rings (SSSR count). The smallest absolute Gasteiger partial charge is 0.328 e. The van der Waals surface area contributed by atoms with Crippen LogP contribution in [0.5, 0.6) is 0 Å². The SMILES string of the molecule is Cc1nnc2n1CC(C(=O)O)N(C(=O)c1ccc(Cl)c(Br)c1)C2. The largest absolute Gasteiger partial charge is 0.480 e. The van der Waals surface area contributed by atoms with Gasteiger partial charge in [-0.3, -0.25) is 4.79 Å². The molecule has 2 heterocycles. The molecule has 0 spiro atoms. The highest BCUT2D eigenvalue weighted by molar-refractivity contribution is 9.10. The van der Waals surface area contributed by atoms with Gasteiger partial charge in [0, 0.05) is 10.0 Å². The average molecular weight is 400 g/mol. The zero-order chi connectivity index (χ0) is 16.7. The first-order valence-electron chi connectivity index (χ1n) is 6.76. The maximum atomic E-state index is 12.7. The van der Waals surface area contributed by atoms with Crippen molar-refractivity contribution in [3.63, 3.8) is 0 Å². The molecule has 1 unspecified atom stereocenters. The Labute approximate surface area is 145 Å². The molecule has 1 N–H and O–H groups in total. The number of nitrogens with zero attached hydrogens (tertiary/aromatic N) is 4. The van der Waals surface area contributed by atoms with Gasteiger partial charge in [0.05, 0.1) is 18.1 Å². The fraction of sp³-hybridized carbons (Fsp3) is 0.286. The van der Waals surface area contributed by atoms with Crippen LogP contribution in [0.1, 0.15) is 22.0 Å². The fourth-order valence-corrected chi connectivity index (χ4v) is 3.03. The number of hydrogen-bond acceptors (Lipinski definition) is 4. The summed E-state index contributed by atoms with van der Waals surface area (Å²) in [6.45, 7) is 1.98. The number of rotatable bonds is 2. The van der Waals surface area contributed by atoms with Crippen molar-refractivity contribution in [2.24, 2.45) is 0 Å². The number of carbonyl (C=O) groups excluding carboxylic acids is 1. The second-order valence-corrected chi connectivity index (χ2v) is 6.45. The summed E-state index contributed by atoms with van der Waals surface area (Å²) in [6, 6.07) is 3.76. The molecule has 0 saturated heterocycles. The van der Waals surface area contributed by atoms with Crippen LogP contribution in [0.2, 0.25) is 5.02 Å². The Morgan fingerprint density at radius 1 is 1.39 bits per heavy atom. The summed E-state index contributed by atoms with van der Waals surface area (Å²) in [4.78, 5) is 25.6. The van der Waals surface area contributed by atoms with Gasteiger partial charge in [-0.15, -0.1) is 10.2 Å². The third-order valence-corrected chi connectivity index (χ3v) is 4.98. The minimum Gasteiger partial charge on any atom is -0.480 e. The normalized spacial score (nSPS) is 17.0. The number of carboxylic acids is 1. The molecule has 0 bridgehead atoms. The van der Waals surface area contributed by atoms with Gasteiger partial charge in [-0.05, 0) is 41.1 Å². The van der Waals surface area contributed by atoms with Crippen LogP contribution in [0.25, 0.3) is 0 Å². The maximum absolute atomic E-state index is 12.7. The van der Waals surface area contributed by atoms with Crippen molar-refractivity contribution in [3.8, 4) is 0 Å². The number of hydrogen-bond donors (Lipinski definition) is 1. The molecule has 1 aliphatic rings. The van der Waals surface area contributed by atoms with Crippen molar-refractivity contribution < 1.29 is 14.7 Å². The molecule has 1 amide bonds. The molecular weight excluding hydrogens is 388 g/mol. The van der Waals surface area contributed by atoms with E-state index in [9.17, 15) is 14.7 Å². The molecule has 120 valence electrons. The van der Waals surface area contributed by atoms with Gasteiger partial charge in [0.15, 0.2) is 5.82 Å². The fourth-order valence-electron chi connectivity index (χ4n) is 2.53. The van der Waals surface area contributed by atoms with E-state index in [2.05, 4.69) is 26.1 Å². The Kier molecular flexibility index (Phi) is 4.11. The Morgan fingerprint density at radius 3 is 2.78 bits per heavy atom. The van der Waals surface area contributed by atoms with Crippen LogP contribution in [0.15, 0.2) is 22.7 Å². The van der Waals surface area contributed by atoms with Crippen LogP contribution in [0.3, 0.4) is 0 Å². The third kappa shape index (κ3) is 2.84. The van der Waals surface area contributed by atoms with E-state index in [4.69, 9.17) is 11.6 Å². The van der Waals surface area contributed by atoms with Crippen LogP contribution in [0, 0.1) is 6.92 Å². The molecular formula is C14H12BrClN4O3. The maximum Gasteiger partial charge on any atom is 0.328 e. The van der Waals surface area contributed by atoms with Gasteiger partial charge >= 0.3 is 5.97 Å². The zero-order valence-corrected chi connectivity index (χ0v) is 14.4. The first kappa shape index (κ1) is 15.9. The Morgan fingerprint density at radius 2 is 2.13 bits per heavy atom. The minimum absolute atomic E-state index is 0.0941. The van der Waals surface area contributed by atoms with Gasteiger partial charge in [0.1, 0.15) is 11.9 Å². The van der Waals surface area contributed by atoms with Crippen molar-refractivity contribution in [1.29, 1.82) is 0 Å². The summed E-state index contributed by atoms with van der Waals surface area (Å²) in [5.41, 5.74) is 0.359. The Hall–Kier alpha value is -1.93.